The van der Waals surface area contributed by atoms with Gasteiger partial charge in [0, 0.05) is 18.2 Å². The van der Waals surface area contributed by atoms with E-state index in [1.807, 2.05) is 43.0 Å². The minimum atomic E-state index is -0.317. The number of benzene rings is 1. The molecule has 0 aliphatic carbocycles. The number of carbonyl (C=O) groups excluding carboxylic acids is 1. The predicted molar refractivity (Wildman–Crippen MR) is 89.9 cm³/mol. The Labute approximate surface area is 138 Å². The molecule has 24 heavy (non-hydrogen) atoms. The van der Waals surface area contributed by atoms with E-state index >= 15 is 0 Å². The summed E-state index contributed by atoms with van der Waals surface area (Å²) in [4.78, 5) is 31.3. The standard InChI is InChI=1S/C16H18N6O2/c1-10(2)18-13(23)9-21-16(24)22-12-6-4-3-5-11(12)14-17-7-8-20(14)15(22)19-21/h3-6,10H,7-9H2,1-2H3,(H,18,23). The van der Waals surface area contributed by atoms with Gasteiger partial charge in [-0.1, -0.05) is 12.1 Å². The highest BCUT2D eigenvalue weighted by atomic mass is 16.2. The largest absolute Gasteiger partial charge is 0.352 e. The van der Waals surface area contributed by atoms with Gasteiger partial charge in [0.05, 0.1) is 12.2 Å². The van der Waals surface area contributed by atoms with Crippen molar-refractivity contribution in [3.05, 3.63) is 40.3 Å². The van der Waals surface area contributed by atoms with Gasteiger partial charge in [-0.3, -0.25) is 14.7 Å². The maximum Gasteiger partial charge on any atom is 0.352 e. The van der Waals surface area contributed by atoms with Crippen LogP contribution in [0, 0.1) is 0 Å². The summed E-state index contributed by atoms with van der Waals surface area (Å²) in [7, 11) is 0. The van der Waals surface area contributed by atoms with Crippen LogP contribution in [0.4, 0.5) is 5.95 Å². The van der Waals surface area contributed by atoms with Crippen LogP contribution in [-0.4, -0.2) is 45.2 Å². The summed E-state index contributed by atoms with van der Waals surface area (Å²) in [5, 5.41) is 7.17. The van der Waals surface area contributed by atoms with Crippen molar-refractivity contribution in [3.63, 3.8) is 0 Å². The van der Waals surface area contributed by atoms with Crippen molar-refractivity contribution >= 4 is 17.7 Å². The van der Waals surface area contributed by atoms with Crippen LogP contribution < -0.4 is 15.9 Å². The maximum absolute atomic E-state index is 12.8. The number of amidine groups is 1. The first-order chi connectivity index (χ1) is 11.6. The zero-order valence-corrected chi connectivity index (χ0v) is 13.6. The normalized spacial score (nSPS) is 15.0. The molecule has 8 heteroatoms. The third-order valence-corrected chi connectivity index (χ3v) is 4.03. The van der Waals surface area contributed by atoms with Gasteiger partial charge in [-0.15, -0.1) is 5.10 Å². The fraction of sp³-hybridized carbons (Fsp3) is 0.375. The van der Waals surface area contributed by atoms with Gasteiger partial charge in [-0.05, 0) is 26.0 Å². The fourth-order valence-electron chi connectivity index (χ4n) is 3.12. The lowest BCUT2D eigenvalue weighted by molar-refractivity contribution is -0.122. The Hall–Kier alpha value is -2.90. The predicted octanol–water partition coefficient (Wildman–Crippen LogP) is 0.139. The van der Waals surface area contributed by atoms with Gasteiger partial charge in [0.2, 0.25) is 11.9 Å². The molecule has 2 aliphatic heterocycles. The van der Waals surface area contributed by atoms with E-state index in [4.69, 9.17) is 0 Å². The molecule has 0 spiro atoms. The molecule has 2 aromatic rings. The highest BCUT2D eigenvalue weighted by Gasteiger charge is 2.34. The van der Waals surface area contributed by atoms with E-state index in [0.717, 1.165) is 17.1 Å². The lowest BCUT2D eigenvalue weighted by Gasteiger charge is -2.26. The third-order valence-electron chi connectivity index (χ3n) is 4.03. The van der Waals surface area contributed by atoms with Gasteiger partial charge in [0.15, 0.2) is 0 Å². The average molecular weight is 326 g/mol. The summed E-state index contributed by atoms with van der Waals surface area (Å²) < 4.78 is 2.77. The molecule has 0 saturated carbocycles. The third kappa shape index (κ3) is 2.14. The lowest BCUT2D eigenvalue weighted by Crippen LogP contribution is -2.38. The molecule has 0 bridgehead atoms. The quantitative estimate of drug-likeness (QED) is 0.869. The maximum atomic E-state index is 12.8. The van der Waals surface area contributed by atoms with Gasteiger partial charge >= 0.3 is 5.69 Å². The summed E-state index contributed by atoms with van der Waals surface area (Å²) in [6.07, 6.45) is 0. The van der Waals surface area contributed by atoms with Crippen molar-refractivity contribution in [2.75, 3.05) is 18.0 Å². The second kappa shape index (κ2) is 5.33. The van der Waals surface area contributed by atoms with Gasteiger partial charge in [0.1, 0.15) is 12.4 Å². The molecule has 1 aromatic carbocycles. The molecular weight excluding hydrogens is 308 g/mol. The van der Waals surface area contributed by atoms with Gasteiger partial charge in [-0.2, -0.15) is 0 Å². The van der Waals surface area contributed by atoms with Gasteiger partial charge < -0.3 is 5.32 Å². The van der Waals surface area contributed by atoms with E-state index < -0.39 is 0 Å². The van der Waals surface area contributed by atoms with Crippen LogP contribution in [0.15, 0.2) is 34.1 Å². The molecule has 4 rings (SSSR count). The number of anilines is 1. The van der Waals surface area contributed by atoms with Crippen LogP contribution in [0.5, 0.6) is 0 Å². The number of hydrogen-bond donors (Lipinski definition) is 1. The van der Waals surface area contributed by atoms with Crippen LogP contribution in [0.2, 0.25) is 0 Å². The smallest absolute Gasteiger partial charge is 0.352 e. The van der Waals surface area contributed by atoms with E-state index in [1.165, 1.54) is 4.68 Å². The number of nitrogens with zero attached hydrogens (tertiary/aromatic N) is 5. The molecule has 0 radical (unpaired) electrons. The van der Waals surface area contributed by atoms with Gasteiger partial charge in [0.25, 0.3) is 0 Å². The number of carbonyl (C=O) groups is 1. The minimum absolute atomic E-state index is 0.0171. The fourth-order valence-corrected chi connectivity index (χ4v) is 3.12. The highest BCUT2D eigenvalue weighted by molar-refractivity contribution is 6.14. The number of rotatable bonds is 3. The van der Waals surface area contributed by atoms with Crippen LogP contribution in [-0.2, 0) is 11.3 Å². The number of hydrogen-bond acceptors (Lipinski definition) is 5. The Kier molecular flexibility index (Phi) is 3.26. The van der Waals surface area contributed by atoms with E-state index in [0.29, 0.717) is 19.0 Å². The van der Waals surface area contributed by atoms with E-state index in [9.17, 15) is 9.59 Å². The molecule has 2 aliphatic rings. The van der Waals surface area contributed by atoms with E-state index in [1.54, 1.807) is 4.57 Å². The molecular formula is C16H18N6O2. The molecule has 1 N–H and O–H groups in total. The van der Waals surface area contributed by atoms with Gasteiger partial charge in [-0.25, -0.2) is 14.0 Å². The Morgan fingerprint density at radius 3 is 2.92 bits per heavy atom. The first kappa shape index (κ1) is 14.7. The van der Waals surface area contributed by atoms with Crippen LogP contribution in [0.1, 0.15) is 19.4 Å². The Morgan fingerprint density at radius 1 is 1.33 bits per heavy atom. The topological polar surface area (TPSA) is 84.5 Å². The van der Waals surface area contributed by atoms with Crippen molar-refractivity contribution in [2.24, 2.45) is 4.99 Å². The minimum Gasteiger partial charge on any atom is -0.352 e. The lowest BCUT2D eigenvalue weighted by atomic mass is 10.1. The van der Waals surface area contributed by atoms with Crippen molar-refractivity contribution in [2.45, 2.75) is 26.4 Å². The number of aliphatic imine (C=N–C) groups is 1. The highest BCUT2D eigenvalue weighted by Crippen LogP contribution is 2.29. The Bertz CT molecular complexity index is 908. The molecule has 8 nitrogen and oxygen atoms in total. The van der Waals surface area contributed by atoms with Crippen molar-refractivity contribution in [3.8, 4) is 5.69 Å². The molecule has 3 heterocycles. The zero-order chi connectivity index (χ0) is 16.8. The molecule has 0 unspecified atom stereocenters. The van der Waals surface area contributed by atoms with E-state index in [-0.39, 0.29) is 24.2 Å². The summed E-state index contributed by atoms with van der Waals surface area (Å²) in [6.45, 7) is 5.00. The number of nitrogens with one attached hydrogen (secondary N) is 1. The summed E-state index contributed by atoms with van der Waals surface area (Å²) >= 11 is 0. The summed E-state index contributed by atoms with van der Waals surface area (Å²) in [5.41, 5.74) is 1.35. The molecule has 0 saturated heterocycles. The summed E-state index contributed by atoms with van der Waals surface area (Å²) in [6, 6.07) is 7.64. The van der Waals surface area contributed by atoms with Crippen molar-refractivity contribution in [1.82, 2.24) is 19.7 Å². The van der Waals surface area contributed by atoms with Crippen LogP contribution >= 0.6 is 0 Å². The molecule has 124 valence electrons. The number of amides is 1. The average Bonchev–Trinajstić information content (AvgIpc) is 3.13. The second-order valence-corrected chi connectivity index (χ2v) is 6.17. The first-order valence-electron chi connectivity index (χ1n) is 7.97. The number of para-hydroxylation sites is 1. The monoisotopic (exact) mass is 326 g/mol. The second-order valence-electron chi connectivity index (χ2n) is 6.17. The molecule has 1 amide bonds. The zero-order valence-electron chi connectivity index (χ0n) is 13.6. The van der Waals surface area contributed by atoms with Crippen molar-refractivity contribution < 1.29 is 4.79 Å². The number of aromatic nitrogens is 3. The first-order valence-corrected chi connectivity index (χ1v) is 7.97. The molecule has 0 fully saturated rings. The SMILES string of the molecule is CC(C)NC(=O)Cn1nc2n(c1=O)-c1ccccc1C1=NCCN12. The van der Waals surface area contributed by atoms with Crippen molar-refractivity contribution in [1.29, 1.82) is 0 Å². The Balaban J connectivity index is 1.81. The molecule has 0 atom stereocenters. The number of fused-ring (bicyclic) bond motifs is 6. The van der Waals surface area contributed by atoms with Crippen LogP contribution in [0.3, 0.4) is 0 Å². The van der Waals surface area contributed by atoms with Crippen LogP contribution in [0.25, 0.3) is 5.69 Å². The molecule has 1 aromatic heterocycles. The summed E-state index contributed by atoms with van der Waals surface area (Å²) in [5.74, 6) is 1.13. The Morgan fingerprint density at radius 2 is 2.12 bits per heavy atom. The van der Waals surface area contributed by atoms with E-state index in [2.05, 4.69) is 15.4 Å².